The average molecular weight is 240 g/mol. The second-order valence-electron chi connectivity index (χ2n) is 2.55. The Balaban J connectivity index is 3.17. The fourth-order valence-electron chi connectivity index (χ4n) is 0.954. The molecule has 0 amide bonds. The highest BCUT2D eigenvalue weighted by Gasteiger charge is 2.23. The molecule has 8 heteroatoms. The van der Waals surface area contributed by atoms with Crippen LogP contribution in [0.25, 0.3) is 0 Å². The predicted molar refractivity (Wildman–Crippen MR) is 46.7 cm³/mol. The third-order valence-corrected chi connectivity index (χ3v) is 2.40. The molecule has 0 aliphatic heterocycles. The van der Waals surface area contributed by atoms with Crippen LogP contribution in [0.1, 0.15) is 21.8 Å². The quantitative estimate of drug-likeness (QED) is 0.782. The SMILES string of the molecule is Cc1onc(CS(=O)(=O)Cl)c1C(=O)O. The molecule has 0 atom stereocenters. The van der Waals surface area contributed by atoms with E-state index in [1.807, 2.05) is 0 Å². The molecular formula is C6H6ClNO5S. The van der Waals surface area contributed by atoms with Gasteiger partial charge in [0.25, 0.3) is 0 Å². The van der Waals surface area contributed by atoms with Crippen molar-refractivity contribution < 1.29 is 22.8 Å². The van der Waals surface area contributed by atoms with E-state index in [4.69, 9.17) is 15.8 Å². The molecule has 1 heterocycles. The first kappa shape index (κ1) is 11.0. The Morgan fingerprint density at radius 1 is 1.64 bits per heavy atom. The van der Waals surface area contributed by atoms with Gasteiger partial charge in [-0.3, -0.25) is 0 Å². The number of hydrogen-bond acceptors (Lipinski definition) is 5. The number of aromatic nitrogens is 1. The fourth-order valence-corrected chi connectivity index (χ4v) is 1.79. The molecule has 0 saturated heterocycles. The Labute approximate surface area is 83.9 Å². The number of carboxylic acid groups (broad SMARTS) is 1. The van der Waals surface area contributed by atoms with E-state index < -0.39 is 20.8 Å². The number of halogens is 1. The first-order valence-electron chi connectivity index (χ1n) is 3.42. The summed E-state index contributed by atoms with van der Waals surface area (Å²) in [5.41, 5.74) is -0.445. The molecule has 0 spiro atoms. The molecule has 0 bridgehead atoms. The van der Waals surface area contributed by atoms with Gasteiger partial charge in [-0.2, -0.15) is 0 Å². The molecule has 0 radical (unpaired) electrons. The van der Waals surface area contributed by atoms with E-state index in [0.717, 1.165) is 0 Å². The van der Waals surface area contributed by atoms with Gasteiger partial charge in [0.1, 0.15) is 22.8 Å². The molecule has 1 N–H and O–H groups in total. The topological polar surface area (TPSA) is 97.5 Å². The molecule has 1 aromatic rings. The predicted octanol–water partition coefficient (Wildman–Crippen LogP) is 0.750. The van der Waals surface area contributed by atoms with Crippen molar-refractivity contribution in [3.05, 3.63) is 17.0 Å². The van der Waals surface area contributed by atoms with Crippen LogP contribution in [-0.4, -0.2) is 24.7 Å². The molecule has 0 saturated carbocycles. The summed E-state index contributed by atoms with van der Waals surface area (Å²) < 4.78 is 25.9. The number of nitrogens with zero attached hydrogens (tertiary/aromatic N) is 1. The van der Waals surface area contributed by atoms with Crippen LogP contribution >= 0.6 is 10.7 Å². The van der Waals surface area contributed by atoms with Crippen molar-refractivity contribution >= 4 is 25.7 Å². The maximum atomic E-state index is 10.7. The third kappa shape index (κ3) is 2.46. The molecule has 0 aliphatic carbocycles. The summed E-state index contributed by atoms with van der Waals surface area (Å²) in [5, 5.41) is 12.0. The van der Waals surface area contributed by atoms with E-state index in [1.54, 1.807) is 0 Å². The highest BCUT2D eigenvalue weighted by molar-refractivity contribution is 8.13. The van der Waals surface area contributed by atoms with Crippen molar-refractivity contribution in [3.8, 4) is 0 Å². The molecule has 0 aromatic carbocycles. The van der Waals surface area contributed by atoms with Crippen molar-refractivity contribution in [2.45, 2.75) is 12.7 Å². The van der Waals surface area contributed by atoms with Crippen molar-refractivity contribution in [2.75, 3.05) is 0 Å². The van der Waals surface area contributed by atoms with Gasteiger partial charge in [-0.15, -0.1) is 0 Å². The molecule has 14 heavy (non-hydrogen) atoms. The highest BCUT2D eigenvalue weighted by atomic mass is 35.7. The van der Waals surface area contributed by atoms with Crippen LogP contribution in [0.2, 0.25) is 0 Å². The number of aromatic carboxylic acids is 1. The smallest absolute Gasteiger partial charge is 0.341 e. The monoisotopic (exact) mass is 239 g/mol. The second kappa shape index (κ2) is 3.58. The van der Waals surface area contributed by atoms with Gasteiger partial charge in [-0.1, -0.05) is 5.16 Å². The lowest BCUT2D eigenvalue weighted by Crippen LogP contribution is -2.05. The summed E-state index contributed by atoms with van der Waals surface area (Å²) in [6, 6.07) is 0. The summed E-state index contributed by atoms with van der Waals surface area (Å²) in [6.45, 7) is 1.38. The third-order valence-electron chi connectivity index (χ3n) is 1.46. The molecule has 1 rings (SSSR count). The van der Waals surface area contributed by atoms with Gasteiger partial charge in [0.15, 0.2) is 0 Å². The second-order valence-corrected chi connectivity index (χ2v) is 5.33. The lowest BCUT2D eigenvalue weighted by atomic mass is 10.2. The zero-order valence-electron chi connectivity index (χ0n) is 7.02. The summed E-state index contributed by atoms with van der Waals surface area (Å²) in [4.78, 5) is 10.7. The van der Waals surface area contributed by atoms with Crippen LogP contribution in [0.3, 0.4) is 0 Å². The number of carbonyl (C=O) groups is 1. The van der Waals surface area contributed by atoms with Crippen LogP contribution in [0.4, 0.5) is 0 Å². The minimum absolute atomic E-state index is 0.0489. The van der Waals surface area contributed by atoms with Gasteiger partial charge in [0.05, 0.1) is 0 Å². The Morgan fingerprint density at radius 2 is 2.21 bits per heavy atom. The Bertz CT molecular complexity index is 463. The van der Waals surface area contributed by atoms with Gasteiger partial charge in [-0.05, 0) is 6.92 Å². The van der Waals surface area contributed by atoms with Crippen molar-refractivity contribution in [3.63, 3.8) is 0 Å². The molecular weight excluding hydrogens is 234 g/mol. The summed E-state index contributed by atoms with van der Waals surface area (Å²) >= 11 is 0. The lowest BCUT2D eigenvalue weighted by molar-refractivity contribution is 0.0694. The van der Waals surface area contributed by atoms with Gasteiger partial charge in [0, 0.05) is 10.7 Å². The Hall–Kier alpha value is -1.08. The summed E-state index contributed by atoms with van der Waals surface area (Å²) in [7, 11) is 1.12. The largest absolute Gasteiger partial charge is 0.477 e. The summed E-state index contributed by atoms with van der Waals surface area (Å²) in [6.07, 6.45) is 0. The minimum Gasteiger partial charge on any atom is -0.477 e. The van der Waals surface area contributed by atoms with Crippen LogP contribution < -0.4 is 0 Å². The van der Waals surface area contributed by atoms with Crippen LogP contribution in [-0.2, 0) is 14.8 Å². The van der Waals surface area contributed by atoms with E-state index in [-0.39, 0.29) is 17.0 Å². The fraction of sp³-hybridized carbons (Fsp3) is 0.333. The Kier molecular flexibility index (Phi) is 2.81. The van der Waals surface area contributed by atoms with E-state index in [1.165, 1.54) is 6.92 Å². The van der Waals surface area contributed by atoms with Crippen LogP contribution in [0.5, 0.6) is 0 Å². The maximum absolute atomic E-state index is 10.7. The molecule has 0 fully saturated rings. The summed E-state index contributed by atoms with van der Waals surface area (Å²) in [5.74, 6) is -1.90. The average Bonchev–Trinajstić information content (AvgIpc) is 2.27. The first-order chi connectivity index (χ1) is 6.31. The molecule has 0 unspecified atom stereocenters. The van der Waals surface area contributed by atoms with E-state index in [0.29, 0.717) is 0 Å². The number of rotatable bonds is 3. The number of aryl methyl sites for hydroxylation is 1. The normalized spacial score (nSPS) is 11.6. The van der Waals surface area contributed by atoms with Crippen molar-refractivity contribution in [2.24, 2.45) is 0 Å². The zero-order chi connectivity index (χ0) is 10.9. The molecule has 0 aliphatic rings. The van der Waals surface area contributed by atoms with Gasteiger partial charge >= 0.3 is 5.97 Å². The lowest BCUT2D eigenvalue weighted by Gasteiger charge is -1.93. The zero-order valence-corrected chi connectivity index (χ0v) is 8.59. The molecule has 1 aromatic heterocycles. The number of carboxylic acids is 1. The highest BCUT2D eigenvalue weighted by Crippen LogP contribution is 2.17. The van der Waals surface area contributed by atoms with E-state index in [9.17, 15) is 13.2 Å². The van der Waals surface area contributed by atoms with Crippen molar-refractivity contribution in [1.29, 1.82) is 0 Å². The standard InChI is InChI=1S/C6H6ClNO5S/c1-3-5(6(9)10)4(8-13-3)2-14(7,11)12/h2H2,1H3,(H,9,10). The van der Waals surface area contributed by atoms with Gasteiger partial charge in [0.2, 0.25) is 9.05 Å². The van der Waals surface area contributed by atoms with E-state index >= 15 is 0 Å². The minimum atomic E-state index is -3.83. The van der Waals surface area contributed by atoms with Crippen LogP contribution in [0.15, 0.2) is 4.52 Å². The number of hydrogen-bond donors (Lipinski definition) is 1. The Morgan fingerprint density at radius 3 is 2.64 bits per heavy atom. The van der Waals surface area contributed by atoms with Crippen molar-refractivity contribution in [1.82, 2.24) is 5.16 Å². The molecule has 6 nitrogen and oxygen atoms in total. The molecule has 78 valence electrons. The van der Waals surface area contributed by atoms with Gasteiger partial charge in [-0.25, -0.2) is 13.2 Å². The first-order valence-corrected chi connectivity index (χ1v) is 5.90. The van der Waals surface area contributed by atoms with E-state index in [2.05, 4.69) is 9.68 Å². The maximum Gasteiger partial charge on any atom is 0.341 e. The van der Waals surface area contributed by atoms with Crippen LogP contribution in [0, 0.1) is 6.92 Å². The van der Waals surface area contributed by atoms with Gasteiger partial charge < -0.3 is 9.63 Å².